The predicted octanol–water partition coefficient (Wildman–Crippen LogP) is 6.37. The fourth-order valence-electron chi connectivity index (χ4n) is 4.02. The van der Waals surface area contributed by atoms with Crippen LogP contribution in [-0.2, 0) is 6.42 Å². The van der Waals surface area contributed by atoms with Crippen LogP contribution in [0.3, 0.4) is 0 Å². The molecule has 136 valence electrons. The molecule has 1 aliphatic heterocycles. The highest BCUT2D eigenvalue weighted by Gasteiger charge is 2.16. The van der Waals surface area contributed by atoms with Crippen molar-refractivity contribution >= 4 is 49.5 Å². The number of hydrogen-bond donors (Lipinski definition) is 1. The highest BCUT2D eigenvalue weighted by molar-refractivity contribution is 7.17. The molecule has 0 saturated heterocycles. The van der Waals surface area contributed by atoms with Crippen LogP contribution >= 0.6 is 22.9 Å². The highest BCUT2D eigenvalue weighted by Crippen LogP contribution is 2.31. The number of fused-ring (bicyclic) bond motifs is 2. The third kappa shape index (κ3) is 3.31. The summed E-state index contributed by atoms with van der Waals surface area (Å²) in [5, 5.41) is 5.77. The lowest BCUT2D eigenvalue weighted by Crippen LogP contribution is -2.30. The SMILES string of the molecule is Clc1ccc2scc(CCN3CC=C(c4c[nH]c5ccccc45)CC3)c2c1. The molecule has 3 heterocycles. The Balaban J connectivity index is 1.28. The van der Waals surface area contributed by atoms with Gasteiger partial charge in [-0.25, -0.2) is 0 Å². The Morgan fingerprint density at radius 1 is 1.11 bits per heavy atom. The Labute approximate surface area is 168 Å². The maximum Gasteiger partial charge on any atom is 0.0460 e. The number of para-hydroxylation sites is 1. The van der Waals surface area contributed by atoms with Crippen LogP contribution in [0.2, 0.25) is 5.02 Å². The van der Waals surface area contributed by atoms with E-state index >= 15 is 0 Å². The molecule has 1 N–H and O–H groups in total. The van der Waals surface area contributed by atoms with Crippen molar-refractivity contribution in [3.05, 3.63) is 76.3 Å². The van der Waals surface area contributed by atoms with Gasteiger partial charge in [0.15, 0.2) is 0 Å². The lowest BCUT2D eigenvalue weighted by Gasteiger charge is -2.26. The molecular weight excluding hydrogens is 372 g/mol. The third-order valence-electron chi connectivity index (χ3n) is 5.54. The Kier molecular flexibility index (Phi) is 4.52. The third-order valence-corrected chi connectivity index (χ3v) is 6.79. The van der Waals surface area contributed by atoms with Gasteiger partial charge < -0.3 is 4.98 Å². The minimum Gasteiger partial charge on any atom is -0.361 e. The average Bonchev–Trinajstić information content (AvgIpc) is 3.31. The van der Waals surface area contributed by atoms with Gasteiger partial charge in [-0.1, -0.05) is 35.9 Å². The molecule has 0 spiro atoms. The molecule has 0 bridgehead atoms. The molecule has 2 nitrogen and oxygen atoms in total. The van der Waals surface area contributed by atoms with Crippen LogP contribution in [0.25, 0.3) is 26.6 Å². The smallest absolute Gasteiger partial charge is 0.0460 e. The molecule has 2 aromatic heterocycles. The molecule has 0 saturated carbocycles. The second-order valence-corrected chi connectivity index (χ2v) is 8.53. The number of halogens is 1. The van der Waals surface area contributed by atoms with Gasteiger partial charge >= 0.3 is 0 Å². The van der Waals surface area contributed by atoms with Gasteiger partial charge in [-0.2, -0.15) is 0 Å². The highest BCUT2D eigenvalue weighted by atomic mass is 35.5. The maximum absolute atomic E-state index is 6.19. The molecule has 2 aromatic carbocycles. The van der Waals surface area contributed by atoms with Crippen molar-refractivity contribution in [3.8, 4) is 0 Å². The Bertz CT molecular complexity index is 1140. The summed E-state index contributed by atoms with van der Waals surface area (Å²) >= 11 is 8.00. The Morgan fingerprint density at radius 3 is 2.93 bits per heavy atom. The molecule has 0 aliphatic carbocycles. The van der Waals surface area contributed by atoms with E-state index in [-0.39, 0.29) is 0 Å². The Hall–Kier alpha value is -2.07. The predicted molar refractivity (Wildman–Crippen MR) is 118 cm³/mol. The van der Waals surface area contributed by atoms with Crippen molar-refractivity contribution in [1.82, 2.24) is 9.88 Å². The number of H-pyrrole nitrogens is 1. The van der Waals surface area contributed by atoms with E-state index in [1.165, 1.54) is 37.7 Å². The summed E-state index contributed by atoms with van der Waals surface area (Å²) in [6, 6.07) is 14.8. The first-order valence-electron chi connectivity index (χ1n) is 9.41. The number of hydrogen-bond acceptors (Lipinski definition) is 2. The van der Waals surface area contributed by atoms with Gasteiger partial charge in [-0.3, -0.25) is 4.90 Å². The number of benzene rings is 2. The summed E-state index contributed by atoms with van der Waals surface area (Å²) in [6.07, 6.45) is 6.75. The van der Waals surface area contributed by atoms with Gasteiger partial charge in [0.05, 0.1) is 0 Å². The van der Waals surface area contributed by atoms with Crippen LogP contribution in [0.5, 0.6) is 0 Å². The lowest BCUT2D eigenvalue weighted by molar-refractivity contribution is 0.306. The molecule has 4 aromatic rings. The van der Waals surface area contributed by atoms with Crippen molar-refractivity contribution in [1.29, 1.82) is 0 Å². The number of thiophene rings is 1. The fraction of sp³-hybridized carbons (Fsp3) is 0.217. The van der Waals surface area contributed by atoms with Crippen molar-refractivity contribution in [2.75, 3.05) is 19.6 Å². The minimum absolute atomic E-state index is 0.825. The molecule has 0 atom stereocenters. The van der Waals surface area contributed by atoms with E-state index in [2.05, 4.69) is 63.9 Å². The van der Waals surface area contributed by atoms with Crippen molar-refractivity contribution < 1.29 is 0 Å². The monoisotopic (exact) mass is 392 g/mol. The topological polar surface area (TPSA) is 19.0 Å². The van der Waals surface area contributed by atoms with E-state index < -0.39 is 0 Å². The number of nitrogens with zero attached hydrogens (tertiary/aromatic N) is 1. The quantitative estimate of drug-likeness (QED) is 0.427. The van der Waals surface area contributed by atoms with Crippen LogP contribution in [0, 0.1) is 0 Å². The average molecular weight is 393 g/mol. The fourth-order valence-corrected chi connectivity index (χ4v) is 5.17. The van der Waals surface area contributed by atoms with Crippen molar-refractivity contribution in [3.63, 3.8) is 0 Å². The number of aromatic amines is 1. The summed E-state index contributed by atoms with van der Waals surface area (Å²) in [4.78, 5) is 5.95. The van der Waals surface area contributed by atoms with E-state index in [9.17, 15) is 0 Å². The number of rotatable bonds is 4. The van der Waals surface area contributed by atoms with Gasteiger partial charge in [0, 0.05) is 52.0 Å². The molecular formula is C23H21ClN2S. The molecule has 0 amide bonds. The summed E-state index contributed by atoms with van der Waals surface area (Å²) in [6.45, 7) is 3.24. The number of nitrogens with one attached hydrogen (secondary N) is 1. The zero-order valence-corrected chi connectivity index (χ0v) is 16.6. The van der Waals surface area contributed by atoms with Crippen LogP contribution in [-0.4, -0.2) is 29.5 Å². The van der Waals surface area contributed by atoms with Crippen molar-refractivity contribution in [2.24, 2.45) is 0 Å². The zero-order chi connectivity index (χ0) is 18.2. The molecule has 0 radical (unpaired) electrons. The molecule has 27 heavy (non-hydrogen) atoms. The maximum atomic E-state index is 6.19. The zero-order valence-electron chi connectivity index (χ0n) is 15.0. The second-order valence-electron chi connectivity index (χ2n) is 7.18. The molecule has 1 aliphatic rings. The first kappa shape index (κ1) is 17.1. The van der Waals surface area contributed by atoms with E-state index in [4.69, 9.17) is 11.6 Å². The van der Waals surface area contributed by atoms with Gasteiger partial charge in [0.2, 0.25) is 0 Å². The number of aromatic nitrogens is 1. The second kappa shape index (κ2) is 7.16. The van der Waals surface area contributed by atoms with Crippen LogP contribution in [0.1, 0.15) is 17.5 Å². The molecule has 4 heteroatoms. The summed E-state index contributed by atoms with van der Waals surface area (Å²) in [7, 11) is 0. The standard InChI is InChI=1S/C23H21ClN2S/c24-18-5-6-23-20(13-18)17(15-27-23)9-12-26-10-7-16(8-11-26)21-14-25-22-4-2-1-3-19(21)22/h1-7,13-15,25H,8-12H2. The minimum atomic E-state index is 0.825. The van der Waals surface area contributed by atoms with Gasteiger partial charge in [0.1, 0.15) is 0 Å². The van der Waals surface area contributed by atoms with Crippen LogP contribution in [0.4, 0.5) is 0 Å². The van der Waals surface area contributed by atoms with Gasteiger partial charge in [0.25, 0.3) is 0 Å². The summed E-state index contributed by atoms with van der Waals surface area (Å²) in [5.74, 6) is 0. The molecule has 5 rings (SSSR count). The van der Waals surface area contributed by atoms with E-state index in [1.807, 2.05) is 17.4 Å². The summed E-state index contributed by atoms with van der Waals surface area (Å²) < 4.78 is 1.33. The first-order valence-corrected chi connectivity index (χ1v) is 10.7. The van der Waals surface area contributed by atoms with Gasteiger partial charge in [-0.15, -0.1) is 11.3 Å². The Morgan fingerprint density at radius 2 is 2.04 bits per heavy atom. The van der Waals surface area contributed by atoms with E-state index in [0.29, 0.717) is 0 Å². The largest absolute Gasteiger partial charge is 0.361 e. The van der Waals surface area contributed by atoms with Gasteiger partial charge in [-0.05, 0) is 59.0 Å². The lowest BCUT2D eigenvalue weighted by atomic mass is 9.98. The van der Waals surface area contributed by atoms with Crippen LogP contribution < -0.4 is 0 Å². The van der Waals surface area contributed by atoms with E-state index in [0.717, 1.165) is 37.5 Å². The first-order chi connectivity index (χ1) is 13.3. The van der Waals surface area contributed by atoms with E-state index in [1.54, 1.807) is 0 Å². The van der Waals surface area contributed by atoms with Crippen molar-refractivity contribution in [2.45, 2.75) is 12.8 Å². The normalized spacial score (nSPS) is 15.5. The molecule has 0 unspecified atom stereocenters. The van der Waals surface area contributed by atoms with Crippen LogP contribution in [0.15, 0.2) is 60.1 Å². The summed E-state index contributed by atoms with van der Waals surface area (Å²) in [5.41, 5.74) is 5.47. The molecule has 0 fully saturated rings.